The molecule has 0 bridgehead atoms. The summed E-state index contributed by atoms with van der Waals surface area (Å²) in [7, 11) is 1.79. The maximum Gasteiger partial charge on any atom is 0.253 e. The predicted octanol–water partition coefficient (Wildman–Crippen LogP) is 4.72. The predicted molar refractivity (Wildman–Crippen MR) is 111 cm³/mol. The van der Waals surface area contributed by atoms with Crippen LogP contribution in [0, 0.1) is 6.92 Å². The van der Waals surface area contributed by atoms with E-state index >= 15 is 0 Å². The summed E-state index contributed by atoms with van der Waals surface area (Å²) in [4.78, 5) is 14.5. The summed E-state index contributed by atoms with van der Waals surface area (Å²) < 4.78 is 7.74. The number of carbonyl (C=O) groups excluding carboxylic acids is 1. The van der Waals surface area contributed by atoms with Crippen LogP contribution in [-0.4, -0.2) is 27.6 Å². The Labute approximate surface area is 170 Å². The molecule has 1 aromatic heterocycles. The summed E-state index contributed by atoms with van der Waals surface area (Å²) in [6, 6.07) is 15.0. The van der Waals surface area contributed by atoms with Gasteiger partial charge in [0.15, 0.2) is 0 Å². The highest BCUT2D eigenvalue weighted by Crippen LogP contribution is 2.23. The molecule has 0 aliphatic heterocycles. The average molecular weight is 398 g/mol. The molecular formula is C22H24ClN3O2. The number of rotatable bonds is 7. The molecule has 0 unspecified atom stereocenters. The Bertz CT molecular complexity index is 968. The van der Waals surface area contributed by atoms with Gasteiger partial charge in [-0.05, 0) is 61.4 Å². The van der Waals surface area contributed by atoms with Crippen molar-refractivity contribution in [3.63, 3.8) is 0 Å². The van der Waals surface area contributed by atoms with E-state index in [0.717, 1.165) is 29.1 Å². The minimum atomic E-state index is -0.0458. The highest BCUT2D eigenvalue weighted by molar-refractivity contribution is 6.30. The number of halogens is 1. The van der Waals surface area contributed by atoms with E-state index in [1.807, 2.05) is 67.2 Å². The molecule has 0 saturated carbocycles. The molecule has 0 radical (unpaired) electrons. The molecule has 0 saturated heterocycles. The summed E-state index contributed by atoms with van der Waals surface area (Å²) in [6.45, 7) is 5.65. The van der Waals surface area contributed by atoms with Gasteiger partial charge >= 0.3 is 0 Å². The van der Waals surface area contributed by atoms with Crippen molar-refractivity contribution in [2.24, 2.45) is 0 Å². The maximum atomic E-state index is 12.8. The van der Waals surface area contributed by atoms with E-state index in [2.05, 4.69) is 5.10 Å². The van der Waals surface area contributed by atoms with E-state index < -0.39 is 0 Å². The molecule has 0 fully saturated rings. The SMILES string of the molecule is CCn1ccc(CN(C)C(=O)c2cccc(COc3ccc(Cl)cc3C)c2)n1. The summed E-state index contributed by atoms with van der Waals surface area (Å²) in [5, 5.41) is 5.12. The van der Waals surface area contributed by atoms with E-state index in [9.17, 15) is 4.79 Å². The zero-order chi connectivity index (χ0) is 20.1. The minimum absolute atomic E-state index is 0.0458. The van der Waals surface area contributed by atoms with Crippen molar-refractivity contribution in [1.29, 1.82) is 0 Å². The van der Waals surface area contributed by atoms with Crippen LogP contribution in [0.3, 0.4) is 0 Å². The van der Waals surface area contributed by atoms with Crippen LogP contribution in [0.5, 0.6) is 5.75 Å². The smallest absolute Gasteiger partial charge is 0.253 e. The summed E-state index contributed by atoms with van der Waals surface area (Å²) >= 11 is 5.98. The molecule has 0 atom stereocenters. The van der Waals surface area contributed by atoms with Crippen molar-refractivity contribution in [3.05, 3.63) is 82.1 Å². The van der Waals surface area contributed by atoms with Crippen LogP contribution in [0.25, 0.3) is 0 Å². The van der Waals surface area contributed by atoms with Gasteiger partial charge in [-0.25, -0.2) is 0 Å². The number of hydrogen-bond donors (Lipinski definition) is 0. The molecule has 1 amide bonds. The van der Waals surface area contributed by atoms with E-state index in [1.165, 1.54) is 0 Å². The molecule has 28 heavy (non-hydrogen) atoms. The summed E-state index contributed by atoms with van der Waals surface area (Å²) in [5.41, 5.74) is 3.41. The number of benzene rings is 2. The Kier molecular flexibility index (Phi) is 6.37. The number of amides is 1. The van der Waals surface area contributed by atoms with E-state index in [1.54, 1.807) is 18.0 Å². The zero-order valence-electron chi connectivity index (χ0n) is 16.4. The molecule has 0 aliphatic carbocycles. The third-order valence-electron chi connectivity index (χ3n) is 4.47. The van der Waals surface area contributed by atoms with Gasteiger partial charge in [-0.3, -0.25) is 9.48 Å². The largest absolute Gasteiger partial charge is 0.489 e. The Morgan fingerprint density at radius 3 is 2.75 bits per heavy atom. The van der Waals surface area contributed by atoms with Gasteiger partial charge in [0, 0.05) is 30.4 Å². The number of ether oxygens (including phenoxy) is 1. The third-order valence-corrected chi connectivity index (χ3v) is 4.71. The Hall–Kier alpha value is -2.79. The topological polar surface area (TPSA) is 47.4 Å². The number of aromatic nitrogens is 2. The monoisotopic (exact) mass is 397 g/mol. The van der Waals surface area contributed by atoms with E-state index in [-0.39, 0.29) is 5.91 Å². The second-order valence-electron chi connectivity index (χ2n) is 6.72. The molecule has 146 valence electrons. The van der Waals surface area contributed by atoms with Crippen molar-refractivity contribution in [2.45, 2.75) is 33.5 Å². The molecule has 3 rings (SSSR count). The van der Waals surface area contributed by atoms with Crippen molar-refractivity contribution in [3.8, 4) is 5.75 Å². The molecule has 0 aliphatic rings. The van der Waals surface area contributed by atoms with E-state index in [4.69, 9.17) is 16.3 Å². The van der Waals surface area contributed by atoms with Crippen LogP contribution in [0.1, 0.15) is 34.1 Å². The van der Waals surface area contributed by atoms with Crippen molar-refractivity contribution in [2.75, 3.05) is 7.05 Å². The number of hydrogen-bond acceptors (Lipinski definition) is 3. The molecule has 0 N–H and O–H groups in total. The van der Waals surface area contributed by atoms with Gasteiger partial charge in [0.25, 0.3) is 5.91 Å². The van der Waals surface area contributed by atoms with Crippen LogP contribution in [0.15, 0.2) is 54.7 Å². The fourth-order valence-electron chi connectivity index (χ4n) is 2.93. The lowest BCUT2D eigenvalue weighted by Gasteiger charge is -2.16. The van der Waals surface area contributed by atoms with Gasteiger partial charge in [0.2, 0.25) is 0 Å². The number of carbonyl (C=O) groups is 1. The average Bonchev–Trinajstić information content (AvgIpc) is 3.14. The summed E-state index contributed by atoms with van der Waals surface area (Å²) in [6.07, 6.45) is 1.92. The minimum Gasteiger partial charge on any atom is -0.489 e. The first-order chi connectivity index (χ1) is 13.5. The van der Waals surface area contributed by atoms with Crippen LogP contribution < -0.4 is 4.74 Å². The van der Waals surface area contributed by atoms with Gasteiger partial charge < -0.3 is 9.64 Å². The van der Waals surface area contributed by atoms with Gasteiger partial charge in [-0.15, -0.1) is 0 Å². The fraction of sp³-hybridized carbons (Fsp3) is 0.273. The zero-order valence-corrected chi connectivity index (χ0v) is 17.1. The normalized spacial score (nSPS) is 10.7. The Morgan fingerprint density at radius 2 is 2.04 bits per heavy atom. The van der Waals surface area contributed by atoms with Crippen LogP contribution >= 0.6 is 11.6 Å². The van der Waals surface area contributed by atoms with Crippen molar-refractivity contribution in [1.82, 2.24) is 14.7 Å². The molecule has 5 nitrogen and oxygen atoms in total. The van der Waals surface area contributed by atoms with Gasteiger partial charge in [-0.1, -0.05) is 23.7 Å². The number of nitrogens with zero attached hydrogens (tertiary/aromatic N) is 3. The second kappa shape index (κ2) is 8.93. The van der Waals surface area contributed by atoms with Gasteiger partial charge in [-0.2, -0.15) is 5.10 Å². The highest BCUT2D eigenvalue weighted by atomic mass is 35.5. The molecule has 0 spiro atoms. The number of aryl methyl sites for hydroxylation is 2. The molecule has 2 aromatic carbocycles. The molecule has 3 aromatic rings. The molecule has 1 heterocycles. The first-order valence-electron chi connectivity index (χ1n) is 9.22. The lowest BCUT2D eigenvalue weighted by molar-refractivity contribution is 0.0783. The Morgan fingerprint density at radius 1 is 1.21 bits per heavy atom. The lowest BCUT2D eigenvalue weighted by Crippen LogP contribution is -2.26. The third kappa shape index (κ3) is 4.93. The van der Waals surface area contributed by atoms with Crippen molar-refractivity contribution < 1.29 is 9.53 Å². The Balaban J connectivity index is 1.65. The first-order valence-corrected chi connectivity index (χ1v) is 9.59. The fourth-order valence-corrected chi connectivity index (χ4v) is 3.16. The van der Waals surface area contributed by atoms with Crippen molar-refractivity contribution >= 4 is 17.5 Å². The molecule has 6 heteroatoms. The van der Waals surface area contributed by atoms with Crippen LogP contribution in [0.4, 0.5) is 0 Å². The molecular weight excluding hydrogens is 374 g/mol. The standard InChI is InChI=1S/C22H24ClN3O2/c1-4-26-11-10-20(24-26)14-25(3)22(27)18-7-5-6-17(13-18)15-28-21-9-8-19(23)12-16(21)2/h5-13H,4,14-15H2,1-3H3. The first kappa shape index (κ1) is 20.0. The van der Waals surface area contributed by atoms with Crippen LogP contribution in [-0.2, 0) is 19.7 Å². The lowest BCUT2D eigenvalue weighted by atomic mass is 10.1. The van der Waals surface area contributed by atoms with Gasteiger partial charge in [0.05, 0.1) is 12.2 Å². The maximum absolute atomic E-state index is 12.8. The van der Waals surface area contributed by atoms with Gasteiger partial charge in [0.1, 0.15) is 12.4 Å². The summed E-state index contributed by atoms with van der Waals surface area (Å²) in [5.74, 6) is 0.736. The highest BCUT2D eigenvalue weighted by Gasteiger charge is 2.14. The second-order valence-corrected chi connectivity index (χ2v) is 7.16. The van der Waals surface area contributed by atoms with E-state index in [0.29, 0.717) is 23.7 Å². The quantitative estimate of drug-likeness (QED) is 0.579. The van der Waals surface area contributed by atoms with Crippen LogP contribution in [0.2, 0.25) is 5.02 Å².